The molecule has 126 valence electrons. The van der Waals surface area contributed by atoms with E-state index in [-0.39, 0.29) is 5.91 Å². The Morgan fingerprint density at radius 2 is 1.88 bits per heavy atom. The fraction of sp³-hybridized carbons (Fsp3) is 0.105. The lowest BCUT2D eigenvalue weighted by atomic mass is 9.96. The maximum atomic E-state index is 12.4. The van der Waals surface area contributed by atoms with Gasteiger partial charge in [0.15, 0.2) is 5.13 Å². The van der Waals surface area contributed by atoms with Gasteiger partial charge in [-0.25, -0.2) is 4.98 Å². The maximum Gasteiger partial charge on any atom is 0.257 e. The highest BCUT2D eigenvalue weighted by atomic mass is 32.1. The third-order valence-corrected chi connectivity index (χ3v) is 4.60. The number of nitrogens with zero attached hydrogens (tertiary/aromatic N) is 2. The van der Waals surface area contributed by atoms with Gasteiger partial charge in [-0.2, -0.15) is 0 Å². The predicted octanol–water partition coefficient (Wildman–Crippen LogP) is 4.57. The zero-order valence-electron chi connectivity index (χ0n) is 13.9. The van der Waals surface area contributed by atoms with Crippen LogP contribution in [0.25, 0.3) is 11.1 Å². The molecule has 0 atom stereocenters. The first-order valence-corrected chi connectivity index (χ1v) is 8.57. The van der Waals surface area contributed by atoms with Gasteiger partial charge in [0, 0.05) is 17.1 Å². The predicted molar refractivity (Wildman–Crippen MR) is 101 cm³/mol. The molecule has 2 N–H and O–H groups in total. The number of anilines is 1. The molecule has 6 heteroatoms. The van der Waals surface area contributed by atoms with Crippen LogP contribution >= 0.6 is 11.3 Å². The zero-order chi connectivity index (χ0) is 17.8. The van der Waals surface area contributed by atoms with Gasteiger partial charge in [0.25, 0.3) is 5.91 Å². The van der Waals surface area contributed by atoms with E-state index in [2.05, 4.69) is 15.5 Å². The summed E-state index contributed by atoms with van der Waals surface area (Å²) in [5, 5.41) is 17.3. The molecule has 5 nitrogen and oxygen atoms in total. The Morgan fingerprint density at radius 1 is 1.16 bits per heavy atom. The number of thiazole rings is 1. The molecule has 1 amide bonds. The molecule has 0 bridgehead atoms. The number of aromatic nitrogens is 1. The van der Waals surface area contributed by atoms with Crippen molar-refractivity contribution in [2.75, 3.05) is 5.32 Å². The molecule has 0 aliphatic heterocycles. The molecule has 0 fully saturated rings. The number of oxime groups is 1. The van der Waals surface area contributed by atoms with Gasteiger partial charge >= 0.3 is 0 Å². The van der Waals surface area contributed by atoms with Gasteiger partial charge in [-0.05, 0) is 48.2 Å². The van der Waals surface area contributed by atoms with E-state index < -0.39 is 0 Å². The van der Waals surface area contributed by atoms with Crippen molar-refractivity contribution >= 4 is 28.1 Å². The molecule has 25 heavy (non-hydrogen) atoms. The number of hydrogen-bond acceptors (Lipinski definition) is 5. The third-order valence-electron chi connectivity index (χ3n) is 3.92. The van der Waals surface area contributed by atoms with Gasteiger partial charge in [-0.15, -0.1) is 11.3 Å². The first-order chi connectivity index (χ1) is 12.1. The Hall–Kier alpha value is -2.99. The molecule has 0 saturated heterocycles. The molecule has 0 aliphatic carbocycles. The van der Waals surface area contributed by atoms with Crippen LogP contribution in [0.2, 0.25) is 0 Å². The van der Waals surface area contributed by atoms with Crippen molar-refractivity contribution in [1.82, 2.24) is 4.98 Å². The molecule has 3 aromatic rings. The van der Waals surface area contributed by atoms with E-state index in [0.717, 1.165) is 22.3 Å². The SMILES string of the molecule is C/C(=N/O)c1ccc(-c2cc(C(=O)Nc3nccs3)ccc2C)cc1. The summed E-state index contributed by atoms with van der Waals surface area (Å²) in [7, 11) is 0. The summed E-state index contributed by atoms with van der Waals surface area (Å²) in [5.41, 5.74) is 5.04. The molecular formula is C19H17N3O2S. The second kappa shape index (κ2) is 7.27. The summed E-state index contributed by atoms with van der Waals surface area (Å²) in [6.45, 7) is 3.75. The van der Waals surface area contributed by atoms with E-state index in [0.29, 0.717) is 16.4 Å². The Balaban J connectivity index is 1.90. The van der Waals surface area contributed by atoms with Crippen LogP contribution in [0.5, 0.6) is 0 Å². The lowest BCUT2D eigenvalue weighted by Gasteiger charge is -2.10. The van der Waals surface area contributed by atoms with Crippen LogP contribution in [0, 0.1) is 6.92 Å². The van der Waals surface area contributed by atoms with Gasteiger partial charge in [-0.1, -0.05) is 35.5 Å². The Labute approximate surface area is 149 Å². The summed E-state index contributed by atoms with van der Waals surface area (Å²) < 4.78 is 0. The molecule has 3 rings (SSSR count). The highest BCUT2D eigenvalue weighted by Gasteiger charge is 2.11. The third kappa shape index (κ3) is 3.75. The average molecular weight is 351 g/mol. The van der Waals surface area contributed by atoms with Crippen molar-refractivity contribution in [2.45, 2.75) is 13.8 Å². The van der Waals surface area contributed by atoms with Crippen LogP contribution in [0.3, 0.4) is 0 Å². The number of nitrogens with one attached hydrogen (secondary N) is 1. The van der Waals surface area contributed by atoms with E-state index >= 15 is 0 Å². The molecule has 2 aromatic carbocycles. The van der Waals surface area contributed by atoms with E-state index in [1.165, 1.54) is 11.3 Å². The van der Waals surface area contributed by atoms with Gasteiger partial charge in [0.1, 0.15) is 0 Å². The van der Waals surface area contributed by atoms with Gasteiger partial charge < -0.3 is 5.21 Å². The second-order valence-corrected chi connectivity index (χ2v) is 6.48. The largest absolute Gasteiger partial charge is 0.411 e. The molecular weight excluding hydrogens is 334 g/mol. The minimum absolute atomic E-state index is 0.184. The van der Waals surface area contributed by atoms with E-state index in [1.807, 2.05) is 48.7 Å². The van der Waals surface area contributed by atoms with Crippen LogP contribution in [-0.4, -0.2) is 21.8 Å². The first-order valence-electron chi connectivity index (χ1n) is 7.69. The molecule has 0 saturated carbocycles. The summed E-state index contributed by atoms with van der Waals surface area (Å²) >= 11 is 1.38. The van der Waals surface area contributed by atoms with Crippen molar-refractivity contribution in [3.8, 4) is 11.1 Å². The highest BCUT2D eigenvalue weighted by molar-refractivity contribution is 7.13. The molecule has 0 spiro atoms. The first kappa shape index (κ1) is 16.9. The quantitative estimate of drug-likeness (QED) is 0.411. The van der Waals surface area contributed by atoms with Crippen molar-refractivity contribution < 1.29 is 10.0 Å². The standard InChI is InChI=1S/C19H17N3O2S/c1-12-3-4-16(18(23)21-19-20-9-10-25-19)11-17(12)15-7-5-14(6-8-15)13(2)22-24/h3-11,24H,1-2H3,(H,20,21,23)/b22-13-. The van der Waals surface area contributed by atoms with Crippen molar-refractivity contribution in [3.63, 3.8) is 0 Å². The van der Waals surface area contributed by atoms with Crippen LogP contribution < -0.4 is 5.32 Å². The molecule has 0 radical (unpaired) electrons. The Bertz CT molecular complexity index is 916. The average Bonchev–Trinajstić information content (AvgIpc) is 3.14. The molecule has 0 unspecified atom stereocenters. The fourth-order valence-electron chi connectivity index (χ4n) is 2.48. The topological polar surface area (TPSA) is 74.6 Å². The second-order valence-electron chi connectivity index (χ2n) is 5.58. The van der Waals surface area contributed by atoms with Gasteiger partial charge in [0.05, 0.1) is 5.71 Å². The van der Waals surface area contributed by atoms with Crippen molar-refractivity contribution in [3.05, 3.63) is 70.7 Å². The summed E-state index contributed by atoms with van der Waals surface area (Å²) in [6, 6.07) is 13.3. The van der Waals surface area contributed by atoms with Crippen LogP contribution in [0.15, 0.2) is 59.2 Å². The maximum absolute atomic E-state index is 12.4. The number of benzene rings is 2. The Kier molecular flexibility index (Phi) is 4.90. The van der Waals surface area contributed by atoms with Crippen LogP contribution in [0.1, 0.15) is 28.4 Å². The number of rotatable bonds is 4. The normalized spacial score (nSPS) is 11.4. The van der Waals surface area contributed by atoms with E-state index in [1.54, 1.807) is 19.2 Å². The zero-order valence-corrected chi connectivity index (χ0v) is 14.7. The van der Waals surface area contributed by atoms with Crippen LogP contribution in [-0.2, 0) is 0 Å². The number of carbonyl (C=O) groups excluding carboxylic acids is 1. The molecule has 1 heterocycles. The minimum Gasteiger partial charge on any atom is -0.411 e. The number of amides is 1. The van der Waals surface area contributed by atoms with E-state index in [9.17, 15) is 4.79 Å². The number of hydrogen-bond donors (Lipinski definition) is 2. The number of aryl methyl sites for hydroxylation is 1. The van der Waals surface area contributed by atoms with Gasteiger partial charge in [0.2, 0.25) is 0 Å². The fourth-order valence-corrected chi connectivity index (χ4v) is 3.00. The highest BCUT2D eigenvalue weighted by Crippen LogP contribution is 2.26. The summed E-state index contributed by atoms with van der Waals surface area (Å²) in [6.07, 6.45) is 1.65. The smallest absolute Gasteiger partial charge is 0.257 e. The lowest BCUT2D eigenvalue weighted by molar-refractivity contribution is 0.102. The molecule has 0 aliphatic rings. The van der Waals surface area contributed by atoms with Gasteiger partial charge in [-0.3, -0.25) is 10.1 Å². The molecule has 1 aromatic heterocycles. The Morgan fingerprint density at radius 3 is 2.52 bits per heavy atom. The summed E-state index contributed by atoms with van der Waals surface area (Å²) in [4.78, 5) is 16.5. The van der Waals surface area contributed by atoms with E-state index in [4.69, 9.17) is 5.21 Å². The van der Waals surface area contributed by atoms with Crippen LogP contribution in [0.4, 0.5) is 5.13 Å². The lowest BCUT2D eigenvalue weighted by Crippen LogP contribution is -2.11. The minimum atomic E-state index is -0.184. The monoisotopic (exact) mass is 351 g/mol. The van der Waals surface area contributed by atoms with Crippen molar-refractivity contribution in [2.24, 2.45) is 5.16 Å². The summed E-state index contributed by atoms with van der Waals surface area (Å²) in [5.74, 6) is -0.184. The number of carbonyl (C=O) groups is 1. The van der Waals surface area contributed by atoms with Crippen molar-refractivity contribution in [1.29, 1.82) is 0 Å².